The Morgan fingerprint density at radius 3 is 2.50 bits per heavy atom. The van der Waals surface area contributed by atoms with Gasteiger partial charge in [-0.2, -0.15) is 0 Å². The Bertz CT molecular complexity index is 531. The van der Waals surface area contributed by atoms with Crippen LogP contribution in [0.25, 0.3) is 0 Å². The molecule has 1 amide bonds. The number of carbonyl (C=O) groups is 1. The van der Waals surface area contributed by atoms with E-state index in [1.54, 1.807) is 24.3 Å². The summed E-state index contributed by atoms with van der Waals surface area (Å²) in [6.45, 7) is 0. The molecule has 2 unspecified atom stereocenters. The Morgan fingerprint density at radius 1 is 1.28 bits per heavy atom. The van der Waals surface area contributed by atoms with Crippen LogP contribution in [0.4, 0.5) is 10.5 Å². The van der Waals surface area contributed by atoms with Crippen LogP contribution in [0.3, 0.4) is 0 Å². The molecular formula is C11H12ClNO4S. The van der Waals surface area contributed by atoms with Crippen molar-refractivity contribution in [1.29, 1.82) is 0 Å². The van der Waals surface area contributed by atoms with Gasteiger partial charge >= 0.3 is 6.09 Å². The highest BCUT2D eigenvalue weighted by molar-refractivity contribution is 7.91. The summed E-state index contributed by atoms with van der Waals surface area (Å²) in [5.74, 6) is -0.374. The van der Waals surface area contributed by atoms with Crippen molar-refractivity contribution in [2.24, 2.45) is 0 Å². The van der Waals surface area contributed by atoms with Crippen LogP contribution in [0.5, 0.6) is 0 Å². The number of ether oxygens (including phenoxy) is 1. The number of nitrogens with one attached hydrogen (secondary N) is 1. The van der Waals surface area contributed by atoms with E-state index in [-0.39, 0.29) is 11.5 Å². The van der Waals surface area contributed by atoms with Crippen LogP contribution >= 0.6 is 11.6 Å². The minimum Gasteiger partial charge on any atom is -0.443 e. The molecule has 0 aliphatic carbocycles. The minimum absolute atomic E-state index is 0.155. The van der Waals surface area contributed by atoms with E-state index in [1.165, 1.54) is 0 Å². The molecule has 98 valence electrons. The van der Waals surface area contributed by atoms with Gasteiger partial charge in [0, 0.05) is 5.69 Å². The Labute approximate surface area is 110 Å². The van der Waals surface area contributed by atoms with E-state index in [1.807, 2.05) is 6.07 Å². The van der Waals surface area contributed by atoms with Crippen molar-refractivity contribution in [2.75, 3.05) is 16.8 Å². The van der Waals surface area contributed by atoms with Crippen LogP contribution in [-0.4, -0.2) is 37.5 Å². The lowest BCUT2D eigenvalue weighted by atomic mass is 10.3. The highest BCUT2D eigenvalue weighted by Gasteiger charge is 2.39. The average Bonchev–Trinajstić information content (AvgIpc) is 2.53. The lowest BCUT2D eigenvalue weighted by Crippen LogP contribution is -2.28. The second-order valence-corrected chi connectivity index (χ2v) is 6.74. The van der Waals surface area contributed by atoms with Gasteiger partial charge in [-0.25, -0.2) is 13.2 Å². The van der Waals surface area contributed by atoms with Gasteiger partial charge in [0.05, 0.1) is 16.9 Å². The maximum absolute atomic E-state index is 11.5. The third-order valence-electron chi connectivity index (χ3n) is 2.51. The van der Waals surface area contributed by atoms with E-state index in [0.717, 1.165) is 0 Å². The van der Waals surface area contributed by atoms with Gasteiger partial charge in [-0.15, -0.1) is 11.6 Å². The number of benzene rings is 1. The number of hydrogen-bond donors (Lipinski definition) is 1. The molecule has 7 heteroatoms. The molecule has 2 atom stereocenters. The maximum atomic E-state index is 11.5. The number of hydrogen-bond acceptors (Lipinski definition) is 4. The molecule has 2 rings (SSSR count). The topological polar surface area (TPSA) is 72.5 Å². The van der Waals surface area contributed by atoms with E-state index < -0.39 is 27.4 Å². The monoisotopic (exact) mass is 289 g/mol. The van der Waals surface area contributed by atoms with Crippen LogP contribution < -0.4 is 5.32 Å². The third kappa shape index (κ3) is 3.36. The van der Waals surface area contributed by atoms with Gasteiger partial charge < -0.3 is 4.74 Å². The van der Waals surface area contributed by atoms with Gasteiger partial charge in [-0.1, -0.05) is 18.2 Å². The molecule has 1 aromatic rings. The number of alkyl halides is 1. The Kier molecular flexibility index (Phi) is 3.77. The predicted molar refractivity (Wildman–Crippen MR) is 68.6 cm³/mol. The Balaban J connectivity index is 1.93. The zero-order valence-corrected chi connectivity index (χ0v) is 10.9. The molecule has 1 aromatic carbocycles. The van der Waals surface area contributed by atoms with Gasteiger partial charge in [0.15, 0.2) is 9.84 Å². The van der Waals surface area contributed by atoms with Crippen LogP contribution in [0.2, 0.25) is 0 Å². The number of para-hydroxylation sites is 1. The largest absolute Gasteiger partial charge is 0.443 e. The van der Waals surface area contributed by atoms with Crippen molar-refractivity contribution >= 4 is 33.2 Å². The number of amides is 1. The van der Waals surface area contributed by atoms with E-state index >= 15 is 0 Å². The quantitative estimate of drug-likeness (QED) is 0.840. The molecule has 1 fully saturated rings. The zero-order valence-electron chi connectivity index (χ0n) is 9.37. The number of rotatable bonds is 2. The molecule has 5 nitrogen and oxygen atoms in total. The molecule has 0 bridgehead atoms. The third-order valence-corrected chi connectivity index (χ3v) is 4.84. The summed E-state index contributed by atoms with van der Waals surface area (Å²) < 4.78 is 27.6. The smallest absolute Gasteiger partial charge is 0.411 e. The molecule has 1 aliphatic heterocycles. The fourth-order valence-electron chi connectivity index (χ4n) is 1.69. The predicted octanol–water partition coefficient (Wildman–Crippen LogP) is 1.64. The summed E-state index contributed by atoms with van der Waals surface area (Å²) in [5.41, 5.74) is 0.578. The van der Waals surface area contributed by atoms with Crippen LogP contribution in [0.15, 0.2) is 30.3 Å². The van der Waals surface area contributed by atoms with Gasteiger partial charge in [-0.3, -0.25) is 5.32 Å². The van der Waals surface area contributed by atoms with Crippen molar-refractivity contribution in [1.82, 2.24) is 0 Å². The van der Waals surface area contributed by atoms with E-state index in [0.29, 0.717) is 5.69 Å². The van der Waals surface area contributed by atoms with Gasteiger partial charge in [0.25, 0.3) is 0 Å². The second-order valence-electron chi connectivity index (χ2n) is 4.03. The van der Waals surface area contributed by atoms with Gasteiger partial charge in [-0.05, 0) is 12.1 Å². The molecule has 1 heterocycles. The highest BCUT2D eigenvalue weighted by Crippen LogP contribution is 2.21. The first-order chi connectivity index (χ1) is 8.46. The minimum atomic E-state index is -3.20. The summed E-state index contributed by atoms with van der Waals surface area (Å²) in [4.78, 5) is 11.5. The summed E-state index contributed by atoms with van der Waals surface area (Å²) in [7, 11) is -3.20. The number of sulfone groups is 1. The van der Waals surface area contributed by atoms with Crippen LogP contribution in [0, 0.1) is 0 Å². The fourth-order valence-corrected chi connectivity index (χ4v) is 4.15. The van der Waals surface area contributed by atoms with E-state index in [2.05, 4.69) is 5.32 Å². The number of carbonyl (C=O) groups excluding carboxylic acids is 1. The first-order valence-corrected chi connectivity index (χ1v) is 7.59. The van der Waals surface area contributed by atoms with Gasteiger partial charge in [0.2, 0.25) is 0 Å². The summed E-state index contributed by atoms with van der Waals surface area (Å²) in [6, 6.07) is 8.74. The van der Waals surface area contributed by atoms with Crippen LogP contribution in [-0.2, 0) is 14.6 Å². The standard InChI is InChI=1S/C11H12ClNO4S/c12-9-6-18(15,16)7-10(9)17-11(14)13-8-4-2-1-3-5-8/h1-5,9-10H,6-7H2,(H,13,14). The molecular weight excluding hydrogens is 278 g/mol. The summed E-state index contributed by atoms with van der Waals surface area (Å²) in [6.07, 6.45) is -1.49. The number of halogens is 1. The highest BCUT2D eigenvalue weighted by atomic mass is 35.5. The lowest BCUT2D eigenvalue weighted by Gasteiger charge is -2.14. The van der Waals surface area contributed by atoms with Crippen molar-refractivity contribution < 1.29 is 17.9 Å². The summed E-state index contributed by atoms with van der Waals surface area (Å²) >= 11 is 5.83. The lowest BCUT2D eigenvalue weighted by molar-refractivity contribution is 0.125. The second kappa shape index (κ2) is 5.16. The zero-order chi connectivity index (χ0) is 13.2. The van der Waals surface area contributed by atoms with Crippen molar-refractivity contribution in [3.05, 3.63) is 30.3 Å². The first kappa shape index (κ1) is 13.2. The van der Waals surface area contributed by atoms with Crippen LogP contribution in [0.1, 0.15) is 0 Å². The Morgan fingerprint density at radius 2 is 1.94 bits per heavy atom. The Hall–Kier alpha value is -1.27. The molecule has 0 spiro atoms. The molecule has 0 saturated carbocycles. The molecule has 1 aliphatic rings. The van der Waals surface area contributed by atoms with Crippen molar-refractivity contribution in [3.8, 4) is 0 Å². The molecule has 0 aromatic heterocycles. The van der Waals surface area contributed by atoms with Crippen molar-refractivity contribution in [2.45, 2.75) is 11.5 Å². The molecule has 1 saturated heterocycles. The maximum Gasteiger partial charge on any atom is 0.411 e. The SMILES string of the molecule is O=C(Nc1ccccc1)OC1CS(=O)(=O)CC1Cl. The van der Waals surface area contributed by atoms with E-state index in [9.17, 15) is 13.2 Å². The molecule has 18 heavy (non-hydrogen) atoms. The fraction of sp³-hybridized carbons (Fsp3) is 0.364. The number of anilines is 1. The van der Waals surface area contributed by atoms with E-state index in [4.69, 9.17) is 16.3 Å². The summed E-state index contributed by atoms with van der Waals surface area (Å²) in [5, 5.41) is 1.82. The normalized spacial score (nSPS) is 25.6. The molecule has 0 radical (unpaired) electrons. The average molecular weight is 290 g/mol. The first-order valence-electron chi connectivity index (χ1n) is 5.33. The molecule has 1 N–H and O–H groups in total. The van der Waals surface area contributed by atoms with Crippen molar-refractivity contribution in [3.63, 3.8) is 0 Å². The van der Waals surface area contributed by atoms with Gasteiger partial charge in [0.1, 0.15) is 6.10 Å².